The molecule has 0 unspecified atom stereocenters. The molecular weight excluding hydrogens is 322 g/mol. The van der Waals surface area contributed by atoms with Crippen LogP contribution in [-0.4, -0.2) is 27.3 Å². The molecule has 0 saturated heterocycles. The van der Waals surface area contributed by atoms with Gasteiger partial charge < -0.3 is 10.4 Å². The van der Waals surface area contributed by atoms with Gasteiger partial charge in [-0.3, -0.25) is 9.48 Å². The van der Waals surface area contributed by atoms with Crippen LogP contribution in [0.3, 0.4) is 0 Å². The van der Waals surface area contributed by atoms with Crippen molar-refractivity contribution in [2.45, 2.75) is 13.0 Å². The zero-order valence-corrected chi connectivity index (χ0v) is 12.9. The summed E-state index contributed by atoms with van der Waals surface area (Å²) in [6.07, 6.45) is 2.54. The zero-order valence-electron chi connectivity index (χ0n) is 11.3. The molecule has 0 aliphatic heterocycles. The molecule has 6 heteroatoms. The summed E-state index contributed by atoms with van der Waals surface area (Å²) in [5, 5.41) is 16.7. The van der Waals surface area contributed by atoms with Gasteiger partial charge in [0.05, 0.1) is 17.9 Å². The summed E-state index contributed by atoms with van der Waals surface area (Å²) in [6, 6.07) is 5.51. The van der Waals surface area contributed by atoms with Gasteiger partial charge >= 0.3 is 0 Å². The van der Waals surface area contributed by atoms with Crippen molar-refractivity contribution in [1.82, 2.24) is 15.1 Å². The molecule has 0 fully saturated rings. The number of carbonyl (C=O) groups is 1. The lowest BCUT2D eigenvalue weighted by molar-refractivity contribution is 0.0915. The molecule has 106 valence electrons. The number of aryl methyl sites for hydroxylation is 2. The molecule has 2 aromatic rings. The number of halogens is 1. The first-order chi connectivity index (χ1) is 9.47. The van der Waals surface area contributed by atoms with Crippen LogP contribution in [0.25, 0.3) is 0 Å². The summed E-state index contributed by atoms with van der Waals surface area (Å²) in [5.41, 5.74) is 2.30. The fraction of sp³-hybridized carbons (Fsp3) is 0.286. The minimum Gasteiger partial charge on any atom is -0.386 e. The highest BCUT2D eigenvalue weighted by Crippen LogP contribution is 2.18. The van der Waals surface area contributed by atoms with Gasteiger partial charge in [-0.25, -0.2) is 0 Å². The van der Waals surface area contributed by atoms with E-state index < -0.39 is 6.10 Å². The number of aliphatic hydroxyl groups is 1. The third-order valence-corrected chi connectivity index (χ3v) is 3.59. The lowest BCUT2D eigenvalue weighted by Gasteiger charge is -2.11. The van der Waals surface area contributed by atoms with Gasteiger partial charge in [-0.15, -0.1) is 0 Å². The summed E-state index contributed by atoms with van der Waals surface area (Å²) in [5.74, 6) is -0.222. The number of aliphatic hydroxyl groups excluding tert-OH is 1. The summed E-state index contributed by atoms with van der Waals surface area (Å²) in [4.78, 5) is 12.0. The first kappa shape index (κ1) is 14.7. The molecule has 1 atom stereocenters. The fourth-order valence-electron chi connectivity index (χ4n) is 1.82. The second-order valence-electron chi connectivity index (χ2n) is 4.66. The molecule has 0 saturated carbocycles. The third-order valence-electron chi connectivity index (χ3n) is 2.93. The van der Waals surface area contributed by atoms with E-state index in [4.69, 9.17) is 0 Å². The Labute approximate surface area is 125 Å². The number of hydrogen-bond donors (Lipinski definition) is 2. The molecule has 20 heavy (non-hydrogen) atoms. The average molecular weight is 338 g/mol. The normalized spacial score (nSPS) is 12.2. The topological polar surface area (TPSA) is 67.2 Å². The Balaban J connectivity index is 1.98. The predicted octanol–water partition coefficient (Wildman–Crippen LogP) is 1.95. The minimum atomic E-state index is -0.767. The van der Waals surface area contributed by atoms with E-state index in [9.17, 15) is 9.90 Å². The van der Waals surface area contributed by atoms with Crippen molar-refractivity contribution in [2.24, 2.45) is 7.05 Å². The summed E-state index contributed by atoms with van der Waals surface area (Å²) in [7, 11) is 1.78. The Bertz CT molecular complexity index is 625. The molecule has 0 spiro atoms. The monoisotopic (exact) mass is 337 g/mol. The Hall–Kier alpha value is -1.66. The molecule has 1 amide bonds. The van der Waals surface area contributed by atoms with Gasteiger partial charge in [0.2, 0.25) is 0 Å². The average Bonchev–Trinajstić information content (AvgIpc) is 2.82. The maximum Gasteiger partial charge on any atom is 0.252 e. The highest BCUT2D eigenvalue weighted by Gasteiger charge is 2.14. The maximum absolute atomic E-state index is 12.0. The van der Waals surface area contributed by atoms with Crippen molar-refractivity contribution in [1.29, 1.82) is 0 Å². The number of benzene rings is 1. The quantitative estimate of drug-likeness (QED) is 0.896. The van der Waals surface area contributed by atoms with Gasteiger partial charge in [-0.1, -0.05) is 6.07 Å². The van der Waals surface area contributed by atoms with Gasteiger partial charge in [0.15, 0.2) is 0 Å². The van der Waals surface area contributed by atoms with Gasteiger partial charge in [-0.05, 0) is 40.5 Å². The van der Waals surface area contributed by atoms with E-state index in [1.54, 1.807) is 30.2 Å². The van der Waals surface area contributed by atoms with Crippen LogP contribution in [0.15, 0.2) is 35.1 Å². The van der Waals surface area contributed by atoms with Gasteiger partial charge in [0, 0.05) is 29.8 Å². The molecule has 0 radical (unpaired) electrons. The standard InChI is InChI=1S/C14H16BrN3O2/c1-9-3-4-11(12(15)5-9)14(20)16-7-13(19)10-6-17-18(2)8-10/h3-6,8,13,19H,7H2,1-2H3,(H,16,20)/t13-/m1/s1. The Morgan fingerprint density at radius 1 is 1.55 bits per heavy atom. The third kappa shape index (κ3) is 3.46. The predicted molar refractivity (Wildman–Crippen MR) is 79.4 cm³/mol. The van der Waals surface area contributed by atoms with E-state index in [1.807, 2.05) is 19.1 Å². The molecule has 0 aliphatic rings. The zero-order chi connectivity index (χ0) is 14.7. The molecular formula is C14H16BrN3O2. The van der Waals surface area contributed by atoms with Crippen LogP contribution in [0.1, 0.15) is 27.6 Å². The molecule has 2 rings (SSSR count). The van der Waals surface area contributed by atoms with Crippen LogP contribution in [0.2, 0.25) is 0 Å². The molecule has 0 bridgehead atoms. The molecule has 0 aliphatic carbocycles. The highest BCUT2D eigenvalue weighted by atomic mass is 79.9. The Kier molecular flexibility index (Phi) is 4.57. The van der Waals surface area contributed by atoms with Crippen molar-refractivity contribution in [3.05, 3.63) is 51.8 Å². The second kappa shape index (κ2) is 6.19. The number of rotatable bonds is 4. The largest absolute Gasteiger partial charge is 0.386 e. The van der Waals surface area contributed by atoms with E-state index in [0.29, 0.717) is 11.1 Å². The fourth-order valence-corrected chi connectivity index (χ4v) is 2.49. The van der Waals surface area contributed by atoms with Crippen molar-refractivity contribution >= 4 is 21.8 Å². The highest BCUT2D eigenvalue weighted by molar-refractivity contribution is 9.10. The lowest BCUT2D eigenvalue weighted by atomic mass is 10.1. The Morgan fingerprint density at radius 3 is 2.90 bits per heavy atom. The lowest BCUT2D eigenvalue weighted by Crippen LogP contribution is -2.28. The van der Waals surface area contributed by atoms with Crippen molar-refractivity contribution in [3.8, 4) is 0 Å². The molecule has 5 nitrogen and oxygen atoms in total. The van der Waals surface area contributed by atoms with Gasteiger partial charge in [0.1, 0.15) is 0 Å². The number of carbonyl (C=O) groups excluding carboxylic acids is 1. The van der Waals surface area contributed by atoms with Crippen LogP contribution in [0, 0.1) is 6.92 Å². The number of nitrogens with zero attached hydrogens (tertiary/aromatic N) is 2. The van der Waals surface area contributed by atoms with Crippen LogP contribution >= 0.6 is 15.9 Å². The first-order valence-corrected chi connectivity index (χ1v) is 6.97. The SMILES string of the molecule is Cc1ccc(C(=O)NC[C@@H](O)c2cnn(C)c2)c(Br)c1. The summed E-state index contributed by atoms with van der Waals surface area (Å²) in [6.45, 7) is 2.10. The molecule has 1 aromatic heterocycles. The maximum atomic E-state index is 12.0. The summed E-state index contributed by atoms with van der Waals surface area (Å²) >= 11 is 3.37. The summed E-state index contributed by atoms with van der Waals surface area (Å²) < 4.78 is 2.35. The van der Waals surface area contributed by atoms with Gasteiger partial charge in [0.25, 0.3) is 5.91 Å². The van der Waals surface area contributed by atoms with Crippen molar-refractivity contribution in [2.75, 3.05) is 6.54 Å². The van der Waals surface area contributed by atoms with Crippen LogP contribution in [0.5, 0.6) is 0 Å². The Morgan fingerprint density at radius 2 is 2.30 bits per heavy atom. The van der Waals surface area contributed by atoms with Gasteiger partial charge in [-0.2, -0.15) is 5.10 Å². The van der Waals surface area contributed by atoms with E-state index in [0.717, 1.165) is 10.0 Å². The van der Waals surface area contributed by atoms with E-state index in [2.05, 4.69) is 26.3 Å². The van der Waals surface area contributed by atoms with E-state index in [-0.39, 0.29) is 12.5 Å². The van der Waals surface area contributed by atoms with Crippen molar-refractivity contribution in [3.63, 3.8) is 0 Å². The second-order valence-corrected chi connectivity index (χ2v) is 5.51. The first-order valence-electron chi connectivity index (χ1n) is 6.18. The van der Waals surface area contributed by atoms with E-state index in [1.165, 1.54) is 0 Å². The molecule has 1 heterocycles. The molecule has 1 aromatic carbocycles. The number of amides is 1. The van der Waals surface area contributed by atoms with Crippen LogP contribution < -0.4 is 5.32 Å². The minimum absolute atomic E-state index is 0.144. The number of nitrogens with one attached hydrogen (secondary N) is 1. The smallest absolute Gasteiger partial charge is 0.252 e. The van der Waals surface area contributed by atoms with Crippen molar-refractivity contribution < 1.29 is 9.90 Å². The van der Waals surface area contributed by atoms with Crippen LogP contribution in [-0.2, 0) is 7.05 Å². The van der Waals surface area contributed by atoms with Crippen LogP contribution in [0.4, 0.5) is 0 Å². The number of hydrogen-bond acceptors (Lipinski definition) is 3. The number of aromatic nitrogens is 2. The molecule has 2 N–H and O–H groups in total. The van der Waals surface area contributed by atoms with E-state index >= 15 is 0 Å².